The van der Waals surface area contributed by atoms with Crippen molar-refractivity contribution in [1.29, 1.82) is 0 Å². The fraction of sp³-hybridized carbons (Fsp3) is 0.882. The first-order chi connectivity index (χ1) is 8.87. The summed E-state index contributed by atoms with van der Waals surface area (Å²) in [5.41, 5.74) is 0.592. The highest BCUT2D eigenvalue weighted by molar-refractivity contribution is 5.00. The molecule has 0 aromatic heterocycles. The predicted molar refractivity (Wildman–Crippen MR) is 83.3 cm³/mol. The van der Waals surface area contributed by atoms with Crippen LogP contribution < -0.4 is 5.32 Å². The summed E-state index contributed by atoms with van der Waals surface area (Å²) in [6.45, 7) is 13.4. The van der Waals surface area contributed by atoms with E-state index >= 15 is 0 Å². The number of hydrogen-bond acceptors (Lipinski definition) is 2. The van der Waals surface area contributed by atoms with Crippen molar-refractivity contribution < 1.29 is 5.11 Å². The Morgan fingerprint density at radius 3 is 2.32 bits per heavy atom. The third kappa shape index (κ3) is 4.61. The predicted octanol–water partition coefficient (Wildman–Crippen LogP) is 3.90. The average molecular weight is 267 g/mol. The Kier molecular flexibility index (Phi) is 6.07. The Morgan fingerprint density at radius 1 is 1.37 bits per heavy atom. The van der Waals surface area contributed by atoms with E-state index in [1.807, 2.05) is 6.08 Å². The summed E-state index contributed by atoms with van der Waals surface area (Å²) in [4.78, 5) is 0. The molecule has 0 aromatic rings. The summed E-state index contributed by atoms with van der Waals surface area (Å²) < 4.78 is 0. The molecule has 112 valence electrons. The maximum absolute atomic E-state index is 9.43. The van der Waals surface area contributed by atoms with Crippen LogP contribution in [0.1, 0.15) is 66.2 Å². The quantitative estimate of drug-likeness (QED) is 0.715. The molecule has 2 nitrogen and oxygen atoms in total. The Balaban J connectivity index is 2.68. The molecule has 1 atom stereocenters. The second-order valence-electron chi connectivity index (χ2n) is 7.35. The first kappa shape index (κ1) is 16.7. The van der Waals surface area contributed by atoms with Crippen LogP contribution >= 0.6 is 0 Å². The van der Waals surface area contributed by atoms with Crippen molar-refractivity contribution in [3.05, 3.63) is 12.7 Å². The topological polar surface area (TPSA) is 32.3 Å². The molecule has 19 heavy (non-hydrogen) atoms. The van der Waals surface area contributed by atoms with Crippen LogP contribution in [-0.2, 0) is 0 Å². The number of aliphatic hydroxyl groups is 1. The molecule has 1 unspecified atom stereocenters. The summed E-state index contributed by atoms with van der Waals surface area (Å²) in [5.74, 6) is 0.821. The van der Waals surface area contributed by atoms with Gasteiger partial charge in [-0.25, -0.2) is 0 Å². The van der Waals surface area contributed by atoms with Crippen LogP contribution in [-0.4, -0.2) is 23.3 Å². The molecule has 2 N–H and O–H groups in total. The number of hydrogen-bond donors (Lipinski definition) is 2. The van der Waals surface area contributed by atoms with Crippen LogP contribution in [0.25, 0.3) is 0 Å². The highest BCUT2D eigenvalue weighted by Crippen LogP contribution is 2.42. The van der Waals surface area contributed by atoms with Gasteiger partial charge in [0.15, 0.2) is 0 Å². The second kappa shape index (κ2) is 6.90. The van der Waals surface area contributed by atoms with E-state index in [1.54, 1.807) is 0 Å². The monoisotopic (exact) mass is 267 g/mol. The minimum Gasteiger partial charge on any atom is -0.395 e. The summed E-state index contributed by atoms with van der Waals surface area (Å²) in [6.07, 6.45) is 9.01. The van der Waals surface area contributed by atoms with E-state index < -0.39 is 0 Å². The van der Waals surface area contributed by atoms with Gasteiger partial charge < -0.3 is 10.4 Å². The molecule has 2 heteroatoms. The van der Waals surface area contributed by atoms with Gasteiger partial charge in [-0.05, 0) is 49.9 Å². The zero-order chi connectivity index (χ0) is 14.5. The van der Waals surface area contributed by atoms with Gasteiger partial charge in [0.25, 0.3) is 0 Å². The van der Waals surface area contributed by atoms with Crippen molar-refractivity contribution in [2.24, 2.45) is 11.3 Å². The molecule has 0 saturated heterocycles. The maximum atomic E-state index is 9.43. The fourth-order valence-electron chi connectivity index (χ4n) is 3.43. The van der Waals surface area contributed by atoms with Crippen LogP contribution in [0.15, 0.2) is 12.7 Å². The Hall–Kier alpha value is -0.340. The van der Waals surface area contributed by atoms with Gasteiger partial charge >= 0.3 is 0 Å². The van der Waals surface area contributed by atoms with Gasteiger partial charge in [0, 0.05) is 11.6 Å². The minimum atomic E-state index is 0.174. The van der Waals surface area contributed by atoms with E-state index in [0.29, 0.717) is 5.41 Å². The van der Waals surface area contributed by atoms with E-state index in [0.717, 1.165) is 18.8 Å². The number of aliphatic hydroxyl groups excluding tert-OH is 1. The minimum absolute atomic E-state index is 0.174. The summed E-state index contributed by atoms with van der Waals surface area (Å²) in [7, 11) is 0. The van der Waals surface area contributed by atoms with Gasteiger partial charge in [0.1, 0.15) is 0 Å². The lowest BCUT2D eigenvalue weighted by molar-refractivity contribution is 0.0958. The van der Waals surface area contributed by atoms with Crippen LogP contribution in [0, 0.1) is 11.3 Å². The summed E-state index contributed by atoms with van der Waals surface area (Å²) in [6, 6.07) is 0.228. The lowest BCUT2D eigenvalue weighted by Gasteiger charge is -2.46. The Bertz CT molecular complexity index is 267. The summed E-state index contributed by atoms with van der Waals surface area (Å²) in [5, 5.41) is 13.2. The molecule has 1 rings (SSSR count). The molecule has 0 spiro atoms. The zero-order valence-corrected chi connectivity index (χ0v) is 13.3. The highest BCUT2D eigenvalue weighted by atomic mass is 16.3. The third-order valence-corrected chi connectivity index (χ3v) is 4.93. The van der Waals surface area contributed by atoms with Crippen molar-refractivity contribution >= 4 is 0 Å². The van der Waals surface area contributed by atoms with Crippen LogP contribution in [0.4, 0.5) is 0 Å². The van der Waals surface area contributed by atoms with Crippen molar-refractivity contribution in [3.63, 3.8) is 0 Å². The Morgan fingerprint density at radius 2 is 1.95 bits per heavy atom. The van der Waals surface area contributed by atoms with E-state index in [4.69, 9.17) is 0 Å². The van der Waals surface area contributed by atoms with Gasteiger partial charge in [-0.2, -0.15) is 0 Å². The van der Waals surface area contributed by atoms with E-state index in [-0.39, 0.29) is 18.2 Å². The second-order valence-corrected chi connectivity index (χ2v) is 7.35. The van der Waals surface area contributed by atoms with Crippen LogP contribution in [0.3, 0.4) is 0 Å². The van der Waals surface area contributed by atoms with Gasteiger partial charge in [0.05, 0.1) is 6.61 Å². The van der Waals surface area contributed by atoms with Gasteiger partial charge in [-0.1, -0.05) is 33.8 Å². The first-order valence-electron chi connectivity index (χ1n) is 7.86. The van der Waals surface area contributed by atoms with Crippen molar-refractivity contribution in [1.82, 2.24) is 5.32 Å². The third-order valence-electron chi connectivity index (χ3n) is 4.93. The van der Waals surface area contributed by atoms with Crippen molar-refractivity contribution in [3.8, 4) is 0 Å². The molecule has 0 bridgehead atoms. The van der Waals surface area contributed by atoms with E-state index in [2.05, 4.69) is 39.6 Å². The largest absolute Gasteiger partial charge is 0.395 e. The van der Waals surface area contributed by atoms with E-state index in [1.165, 1.54) is 25.7 Å². The van der Waals surface area contributed by atoms with Crippen molar-refractivity contribution in [2.75, 3.05) is 6.61 Å². The molecule has 0 radical (unpaired) electrons. The number of rotatable bonds is 6. The van der Waals surface area contributed by atoms with E-state index in [9.17, 15) is 5.11 Å². The lowest BCUT2D eigenvalue weighted by Crippen LogP contribution is -2.53. The molecular formula is C17H33NO. The van der Waals surface area contributed by atoms with Crippen LogP contribution in [0.2, 0.25) is 0 Å². The smallest absolute Gasteiger partial charge is 0.0584 e. The SMILES string of the molecule is C=CCC1(NC(CC)CO)CCC(C(C)(C)C)CC1. The molecule has 1 saturated carbocycles. The average Bonchev–Trinajstić information content (AvgIpc) is 2.36. The molecular weight excluding hydrogens is 234 g/mol. The lowest BCUT2D eigenvalue weighted by atomic mass is 9.66. The molecule has 0 aromatic carbocycles. The fourth-order valence-corrected chi connectivity index (χ4v) is 3.43. The zero-order valence-electron chi connectivity index (χ0n) is 13.3. The normalized spacial score (nSPS) is 30.1. The molecule has 0 amide bonds. The summed E-state index contributed by atoms with van der Waals surface area (Å²) >= 11 is 0. The van der Waals surface area contributed by atoms with Crippen LogP contribution in [0.5, 0.6) is 0 Å². The maximum Gasteiger partial charge on any atom is 0.0584 e. The molecule has 1 fully saturated rings. The first-order valence-corrected chi connectivity index (χ1v) is 7.86. The highest BCUT2D eigenvalue weighted by Gasteiger charge is 2.38. The van der Waals surface area contributed by atoms with Gasteiger partial charge in [-0.15, -0.1) is 6.58 Å². The molecule has 1 aliphatic rings. The van der Waals surface area contributed by atoms with Gasteiger partial charge in [-0.3, -0.25) is 0 Å². The Labute approximate surface area is 119 Å². The van der Waals surface area contributed by atoms with Crippen molar-refractivity contribution in [2.45, 2.75) is 77.8 Å². The molecule has 1 aliphatic carbocycles. The number of nitrogens with one attached hydrogen (secondary N) is 1. The molecule has 0 aliphatic heterocycles. The van der Waals surface area contributed by atoms with Gasteiger partial charge in [0.2, 0.25) is 0 Å². The molecule has 0 heterocycles. The standard InChI is InChI=1S/C17H33NO/c1-6-10-17(18-15(7-2)13-19)11-8-14(9-12-17)16(3,4)5/h6,14-15,18-19H,1,7-13H2,2-5H3.